The molecule has 0 atom stereocenters. The molecule has 0 amide bonds. The molecule has 0 unspecified atom stereocenters. The van der Waals surface area contributed by atoms with Gasteiger partial charge in [-0.3, -0.25) is 4.79 Å². The van der Waals surface area contributed by atoms with Crippen LogP contribution in [0.5, 0.6) is 0 Å². The molecule has 1 aromatic heterocycles. The number of aliphatic carboxylic acids is 1. The van der Waals surface area contributed by atoms with Crippen LogP contribution in [-0.4, -0.2) is 16.1 Å². The zero-order valence-corrected chi connectivity index (χ0v) is 10.3. The van der Waals surface area contributed by atoms with Gasteiger partial charge in [0.25, 0.3) is 6.43 Å². The number of alkyl halides is 2. The van der Waals surface area contributed by atoms with E-state index in [1.54, 1.807) is 0 Å². The van der Waals surface area contributed by atoms with E-state index < -0.39 is 18.8 Å². The summed E-state index contributed by atoms with van der Waals surface area (Å²) in [6, 6.07) is 0. The molecule has 0 aromatic carbocycles. The van der Waals surface area contributed by atoms with Crippen molar-refractivity contribution in [2.24, 2.45) is 0 Å². The largest absolute Gasteiger partial charge is 0.481 e. The highest BCUT2D eigenvalue weighted by atomic mass is 79.9. The average Bonchev–Trinajstić information content (AvgIpc) is 2.10. The molecular weight excluding hydrogens is 340 g/mol. The monoisotopic (exact) mass is 343 g/mol. The fraction of sp³-hybridized carbons (Fsp3) is 0.250. The van der Waals surface area contributed by atoms with Gasteiger partial charge in [-0.15, -0.1) is 0 Å². The molecule has 1 aromatic rings. The first kappa shape index (κ1) is 12.5. The van der Waals surface area contributed by atoms with E-state index in [1.807, 2.05) is 0 Å². The molecule has 0 spiro atoms. The highest BCUT2D eigenvalue weighted by molar-refractivity contribution is 9.13. The molecule has 0 aliphatic rings. The van der Waals surface area contributed by atoms with Crippen LogP contribution in [0.2, 0.25) is 0 Å². The van der Waals surface area contributed by atoms with Crippen LogP contribution in [0.3, 0.4) is 0 Å². The third kappa shape index (κ3) is 2.94. The van der Waals surface area contributed by atoms with Gasteiger partial charge in [0, 0.05) is 11.8 Å². The molecule has 1 N–H and O–H groups in total. The number of carboxylic acid groups (broad SMARTS) is 1. The van der Waals surface area contributed by atoms with Gasteiger partial charge in [-0.2, -0.15) is 0 Å². The van der Waals surface area contributed by atoms with E-state index in [0.29, 0.717) is 0 Å². The minimum atomic E-state index is -2.74. The first-order valence-corrected chi connectivity index (χ1v) is 5.34. The Morgan fingerprint density at radius 2 is 2.13 bits per heavy atom. The van der Waals surface area contributed by atoms with Crippen molar-refractivity contribution in [3.8, 4) is 0 Å². The van der Waals surface area contributed by atoms with Gasteiger partial charge >= 0.3 is 5.97 Å². The second kappa shape index (κ2) is 4.98. The summed E-state index contributed by atoms with van der Waals surface area (Å²) >= 11 is 5.92. The Labute approximate surface area is 101 Å². The topological polar surface area (TPSA) is 50.2 Å². The molecule has 0 bridgehead atoms. The van der Waals surface area contributed by atoms with Gasteiger partial charge in [-0.25, -0.2) is 13.8 Å². The Balaban J connectivity index is 3.26. The zero-order valence-electron chi connectivity index (χ0n) is 7.18. The molecule has 1 rings (SSSR count). The quantitative estimate of drug-likeness (QED) is 0.857. The summed E-state index contributed by atoms with van der Waals surface area (Å²) in [6.45, 7) is 0. The highest BCUT2D eigenvalue weighted by Gasteiger charge is 2.20. The van der Waals surface area contributed by atoms with Crippen LogP contribution < -0.4 is 0 Å². The van der Waals surface area contributed by atoms with Crippen molar-refractivity contribution < 1.29 is 18.7 Å². The van der Waals surface area contributed by atoms with Gasteiger partial charge in [0.15, 0.2) is 0 Å². The van der Waals surface area contributed by atoms with E-state index in [2.05, 4.69) is 36.8 Å². The Kier molecular flexibility index (Phi) is 4.15. The number of pyridine rings is 1. The number of rotatable bonds is 3. The van der Waals surface area contributed by atoms with Gasteiger partial charge in [-0.05, 0) is 37.4 Å². The lowest BCUT2D eigenvalue weighted by Crippen LogP contribution is -2.06. The van der Waals surface area contributed by atoms with Crippen LogP contribution in [0.25, 0.3) is 0 Å². The van der Waals surface area contributed by atoms with Crippen LogP contribution in [0, 0.1) is 0 Å². The zero-order chi connectivity index (χ0) is 11.6. The second-order valence-corrected chi connectivity index (χ2v) is 4.22. The van der Waals surface area contributed by atoms with E-state index >= 15 is 0 Å². The first-order valence-electron chi connectivity index (χ1n) is 3.76. The first-order chi connectivity index (χ1) is 6.93. The summed E-state index contributed by atoms with van der Waals surface area (Å²) in [5.41, 5.74) is -0.327. The number of aromatic nitrogens is 1. The van der Waals surface area contributed by atoms with Crippen molar-refractivity contribution in [2.75, 3.05) is 0 Å². The Bertz CT molecular complexity index is 398. The van der Waals surface area contributed by atoms with Crippen molar-refractivity contribution in [1.82, 2.24) is 4.98 Å². The molecule has 1 heterocycles. The summed E-state index contributed by atoms with van der Waals surface area (Å²) in [7, 11) is 0. The number of carboxylic acids is 1. The molecule has 0 radical (unpaired) electrons. The summed E-state index contributed by atoms with van der Waals surface area (Å²) in [6.07, 6.45) is -2.09. The van der Waals surface area contributed by atoms with Gasteiger partial charge in [0.2, 0.25) is 0 Å². The lowest BCUT2D eigenvalue weighted by molar-refractivity contribution is -0.136. The lowest BCUT2D eigenvalue weighted by Gasteiger charge is -2.09. The molecule has 0 saturated carbocycles. The van der Waals surface area contributed by atoms with Crippen LogP contribution in [0.15, 0.2) is 15.3 Å². The van der Waals surface area contributed by atoms with Crippen molar-refractivity contribution in [3.63, 3.8) is 0 Å². The third-order valence-electron chi connectivity index (χ3n) is 1.66. The molecule has 15 heavy (non-hydrogen) atoms. The van der Waals surface area contributed by atoms with Crippen molar-refractivity contribution in [3.05, 3.63) is 26.4 Å². The summed E-state index contributed by atoms with van der Waals surface area (Å²) in [5, 5.41) is 8.53. The number of hydrogen-bond acceptors (Lipinski definition) is 2. The molecule has 0 saturated heterocycles. The maximum absolute atomic E-state index is 12.6. The number of hydrogen-bond donors (Lipinski definition) is 1. The fourth-order valence-electron chi connectivity index (χ4n) is 1.05. The molecular formula is C8H5Br2F2NO2. The number of carbonyl (C=O) groups is 1. The standard InChI is InChI=1S/C8H5Br2F2NO2/c9-6-5(8(11)12)3(1-4(14)15)2-13-7(6)10/h2,8H,1H2,(H,14,15). The molecule has 0 fully saturated rings. The fourth-order valence-corrected chi connectivity index (χ4v) is 1.90. The van der Waals surface area contributed by atoms with Crippen molar-refractivity contribution >= 4 is 37.8 Å². The van der Waals surface area contributed by atoms with Crippen LogP contribution in [0.4, 0.5) is 8.78 Å². The van der Waals surface area contributed by atoms with E-state index in [9.17, 15) is 13.6 Å². The SMILES string of the molecule is O=C(O)Cc1cnc(Br)c(Br)c1C(F)F. The molecule has 82 valence electrons. The van der Waals surface area contributed by atoms with Crippen molar-refractivity contribution in [1.29, 1.82) is 0 Å². The minimum absolute atomic E-state index is 0.00701. The van der Waals surface area contributed by atoms with E-state index in [1.165, 1.54) is 0 Å². The van der Waals surface area contributed by atoms with E-state index in [0.717, 1.165) is 6.20 Å². The summed E-state index contributed by atoms with van der Waals surface area (Å²) < 4.78 is 25.6. The van der Waals surface area contributed by atoms with Crippen LogP contribution in [0.1, 0.15) is 17.6 Å². The predicted octanol–water partition coefficient (Wildman–Crippen LogP) is 3.17. The Morgan fingerprint density at radius 1 is 1.53 bits per heavy atom. The molecule has 3 nitrogen and oxygen atoms in total. The maximum atomic E-state index is 12.6. The predicted molar refractivity (Wildman–Crippen MR) is 55.9 cm³/mol. The van der Waals surface area contributed by atoms with Gasteiger partial charge in [-0.1, -0.05) is 0 Å². The third-order valence-corrected chi connectivity index (χ3v) is 3.59. The highest BCUT2D eigenvalue weighted by Crippen LogP contribution is 2.34. The normalized spacial score (nSPS) is 10.7. The van der Waals surface area contributed by atoms with Gasteiger partial charge < -0.3 is 5.11 Å². The van der Waals surface area contributed by atoms with E-state index in [4.69, 9.17) is 5.11 Å². The number of halogens is 4. The van der Waals surface area contributed by atoms with Crippen LogP contribution >= 0.6 is 31.9 Å². The summed E-state index contributed by atoms with van der Waals surface area (Å²) in [4.78, 5) is 14.2. The average molecular weight is 345 g/mol. The van der Waals surface area contributed by atoms with Gasteiger partial charge in [0.05, 0.1) is 10.9 Å². The van der Waals surface area contributed by atoms with Crippen molar-refractivity contribution in [2.45, 2.75) is 12.8 Å². The molecule has 0 aliphatic heterocycles. The number of nitrogens with zero attached hydrogens (tertiary/aromatic N) is 1. The van der Waals surface area contributed by atoms with Crippen LogP contribution in [-0.2, 0) is 11.2 Å². The van der Waals surface area contributed by atoms with E-state index in [-0.39, 0.29) is 20.2 Å². The molecule has 0 aliphatic carbocycles. The van der Waals surface area contributed by atoms with Gasteiger partial charge in [0.1, 0.15) is 4.60 Å². The molecule has 7 heteroatoms. The maximum Gasteiger partial charge on any atom is 0.307 e. The Hall–Kier alpha value is -0.560. The Morgan fingerprint density at radius 3 is 2.60 bits per heavy atom. The smallest absolute Gasteiger partial charge is 0.307 e. The second-order valence-electron chi connectivity index (χ2n) is 2.67. The minimum Gasteiger partial charge on any atom is -0.481 e. The summed E-state index contributed by atoms with van der Waals surface area (Å²) in [5.74, 6) is -1.17. The lowest BCUT2D eigenvalue weighted by atomic mass is 10.1.